The number of carbonyl (C=O) groups is 2. The number of carboxylic acids is 1. The fourth-order valence-electron chi connectivity index (χ4n) is 3.47. The summed E-state index contributed by atoms with van der Waals surface area (Å²) < 4.78 is 5.17. The number of hydrogen-bond acceptors (Lipinski definition) is 6. The van der Waals surface area contributed by atoms with Crippen molar-refractivity contribution in [1.82, 2.24) is 10.3 Å². The van der Waals surface area contributed by atoms with Gasteiger partial charge in [0.25, 0.3) is 0 Å². The summed E-state index contributed by atoms with van der Waals surface area (Å²) in [5.41, 5.74) is 1.72. The number of ether oxygens (including phenoxy) is 1. The molecule has 3 N–H and O–H groups in total. The Morgan fingerprint density at radius 2 is 2.00 bits per heavy atom. The van der Waals surface area contributed by atoms with Gasteiger partial charge in [0.15, 0.2) is 0 Å². The average molecular weight is 446 g/mol. The standard InChI is InChI=1S/C23H31N3O4S/c1-23(2,3)30-22(29)26-19(21(27)28)14-18-12-11-17(31-18)8-4-7-16-10-9-15-6-5-13-24-20(15)25-16/h9-12,19H,4-8,13-14H2,1-3H3,(H,24,25)(H,26,29)(H,27,28)/t19-/m0/s1. The maximum atomic E-state index is 11.9. The van der Waals surface area contributed by atoms with Crippen molar-refractivity contribution >= 4 is 29.2 Å². The second-order valence-corrected chi connectivity index (χ2v) is 10.1. The first-order valence-electron chi connectivity index (χ1n) is 10.7. The molecule has 3 rings (SSSR count). The molecule has 0 saturated carbocycles. The number of aliphatic carboxylic acids is 1. The van der Waals surface area contributed by atoms with Crippen LogP contribution in [0, 0.1) is 0 Å². The van der Waals surface area contributed by atoms with E-state index in [0.29, 0.717) is 0 Å². The molecule has 0 aromatic carbocycles. The quantitative estimate of drug-likeness (QED) is 0.563. The molecule has 1 aliphatic rings. The number of rotatable bonds is 8. The van der Waals surface area contributed by atoms with Crippen molar-refractivity contribution in [3.8, 4) is 0 Å². The van der Waals surface area contributed by atoms with E-state index in [2.05, 4.69) is 22.8 Å². The van der Waals surface area contributed by atoms with Crippen molar-refractivity contribution in [3.63, 3.8) is 0 Å². The number of hydrogen-bond donors (Lipinski definition) is 3. The summed E-state index contributed by atoms with van der Waals surface area (Å²) in [6, 6.07) is 7.25. The summed E-state index contributed by atoms with van der Waals surface area (Å²) in [6.07, 6.45) is 4.55. The van der Waals surface area contributed by atoms with Gasteiger partial charge in [-0.2, -0.15) is 0 Å². The van der Waals surface area contributed by atoms with Crippen LogP contribution >= 0.6 is 11.3 Å². The molecule has 0 fully saturated rings. The Kier molecular flexibility index (Phi) is 7.54. The molecule has 7 nitrogen and oxygen atoms in total. The molecule has 1 atom stereocenters. The summed E-state index contributed by atoms with van der Waals surface area (Å²) >= 11 is 1.59. The van der Waals surface area contributed by atoms with Crippen LogP contribution in [0.2, 0.25) is 0 Å². The fraction of sp³-hybridized carbons (Fsp3) is 0.522. The third-order valence-corrected chi connectivity index (χ3v) is 6.09. The zero-order chi connectivity index (χ0) is 22.4. The summed E-state index contributed by atoms with van der Waals surface area (Å²) in [6.45, 7) is 6.21. The SMILES string of the molecule is CC(C)(C)OC(=O)N[C@@H](Cc1ccc(CCCc2ccc3c(n2)NCCC3)s1)C(=O)O. The smallest absolute Gasteiger partial charge is 0.408 e. The monoisotopic (exact) mass is 445 g/mol. The number of aryl methyl sites for hydroxylation is 3. The van der Waals surface area contributed by atoms with Gasteiger partial charge >= 0.3 is 12.1 Å². The minimum absolute atomic E-state index is 0.233. The van der Waals surface area contributed by atoms with E-state index in [1.54, 1.807) is 32.1 Å². The molecule has 3 heterocycles. The number of carboxylic acid groups (broad SMARTS) is 1. The number of fused-ring (bicyclic) bond motifs is 1. The van der Waals surface area contributed by atoms with Crippen LogP contribution in [0.25, 0.3) is 0 Å². The van der Waals surface area contributed by atoms with Gasteiger partial charge in [0.05, 0.1) is 0 Å². The third-order valence-electron chi connectivity index (χ3n) is 4.92. The minimum atomic E-state index is -1.08. The highest BCUT2D eigenvalue weighted by Crippen LogP contribution is 2.23. The molecular weight excluding hydrogens is 414 g/mol. The Labute approximate surface area is 187 Å². The van der Waals surface area contributed by atoms with Crippen molar-refractivity contribution in [2.24, 2.45) is 0 Å². The number of carbonyl (C=O) groups excluding carboxylic acids is 1. The van der Waals surface area contributed by atoms with Gasteiger partial charge in [0, 0.05) is 28.4 Å². The van der Waals surface area contributed by atoms with E-state index in [1.165, 1.54) is 10.4 Å². The van der Waals surface area contributed by atoms with Gasteiger partial charge < -0.3 is 20.5 Å². The summed E-state index contributed by atoms with van der Waals surface area (Å²) in [5, 5.41) is 15.3. The van der Waals surface area contributed by atoms with Crippen LogP contribution in [0.3, 0.4) is 0 Å². The number of nitrogens with one attached hydrogen (secondary N) is 2. The number of pyridine rings is 1. The predicted molar refractivity (Wildman–Crippen MR) is 122 cm³/mol. The summed E-state index contributed by atoms with van der Waals surface area (Å²) in [7, 11) is 0. The van der Waals surface area contributed by atoms with Crippen LogP contribution in [0.4, 0.5) is 10.6 Å². The van der Waals surface area contributed by atoms with Gasteiger partial charge in [-0.3, -0.25) is 0 Å². The first-order valence-corrected chi connectivity index (χ1v) is 11.5. The lowest BCUT2D eigenvalue weighted by molar-refractivity contribution is -0.139. The largest absolute Gasteiger partial charge is 0.480 e. The van der Waals surface area contributed by atoms with E-state index in [4.69, 9.17) is 9.72 Å². The molecular formula is C23H31N3O4S. The molecule has 0 spiro atoms. The fourth-order valence-corrected chi connectivity index (χ4v) is 4.57. The summed E-state index contributed by atoms with van der Waals surface area (Å²) in [5.74, 6) is -0.0488. The average Bonchev–Trinajstić information content (AvgIpc) is 3.13. The van der Waals surface area contributed by atoms with Crippen LogP contribution in [-0.2, 0) is 35.2 Å². The molecule has 0 radical (unpaired) electrons. The molecule has 1 amide bonds. The number of aromatic nitrogens is 1. The number of alkyl carbamates (subject to hydrolysis) is 1. The van der Waals surface area contributed by atoms with E-state index in [-0.39, 0.29) is 6.42 Å². The third kappa shape index (κ3) is 7.24. The number of amides is 1. The van der Waals surface area contributed by atoms with Gasteiger partial charge in [-0.25, -0.2) is 14.6 Å². The maximum Gasteiger partial charge on any atom is 0.408 e. The molecule has 0 saturated heterocycles. The van der Waals surface area contributed by atoms with Crippen molar-refractivity contribution < 1.29 is 19.4 Å². The van der Waals surface area contributed by atoms with Crippen molar-refractivity contribution in [3.05, 3.63) is 45.3 Å². The highest BCUT2D eigenvalue weighted by atomic mass is 32.1. The highest BCUT2D eigenvalue weighted by molar-refractivity contribution is 7.12. The van der Waals surface area contributed by atoms with E-state index in [1.807, 2.05) is 12.1 Å². The number of nitrogens with zero attached hydrogens (tertiary/aromatic N) is 1. The zero-order valence-electron chi connectivity index (χ0n) is 18.4. The minimum Gasteiger partial charge on any atom is -0.480 e. The molecule has 8 heteroatoms. The molecule has 0 aliphatic carbocycles. The van der Waals surface area contributed by atoms with Gasteiger partial charge in [-0.05, 0) is 76.6 Å². The second kappa shape index (κ2) is 10.1. The molecule has 1 aliphatic heterocycles. The lowest BCUT2D eigenvalue weighted by Gasteiger charge is -2.21. The van der Waals surface area contributed by atoms with E-state index in [0.717, 1.165) is 55.0 Å². The zero-order valence-corrected chi connectivity index (χ0v) is 19.2. The molecule has 31 heavy (non-hydrogen) atoms. The molecule has 168 valence electrons. The van der Waals surface area contributed by atoms with E-state index < -0.39 is 23.7 Å². The van der Waals surface area contributed by atoms with Gasteiger partial charge in [0.2, 0.25) is 0 Å². The lowest BCUT2D eigenvalue weighted by atomic mass is 10.1. The Bertz CT molecular complexity index is 920. The number of thiophene rings is 1. The molecule has 0 bridgehead atoms. The van der Waals surface area contributed by atoms with E-state index in [9.17, 15) is 14.7 Å². The number of anilines is 1. The highest BCUT2D eigenvalue weighted by Gasteiger charge is 2.24. The van der Waals surface area contributed by atoms with Crippen LogP contribution in [-0.4, -0.2) is 40.3 Å². The van der Waals surface area contributed by atoms with Gasteiger partial charge in [-0.15, -0.1) is 11.3 Å². The lowest BCUT2D eigenvalue weighted by Crippen LogP contribution is -2.44. The molecule has 2 aromatic heterocycles. The van der Waals surface area contributed by atoms with Gasteiger partial charge in [-0.1, -0.05) is 6.07 Å². The van der Waals surface area contributed by atoms with Crippen LogP contribution in [0.5, 0.6) is 0 Å². The molecule has 2 aromatic rings. The van der Waals surface area contributed by atoms with Crippen molar-refractivity contribution in [2.45, 2.75) is 70.9 Å². The second-order valence-electron chi connectivity index (χ2n) is 8.80. The topological polar surface area (TPSA) is 101 Å². The maximum absolute atomic E-state index is 11.9. The first-order chi connectivity index (χ1) is 14.7. The Balaban J connectivity index is 1.49. The Morgan fingerprint density at radius 3 is 2.74 bits per heavy atom. The Hall–Kier alpha value is -2.61. The van der Waals surface area contributed by atoms with Crippen LogP contribution in [0.1, 0.15) is 54.6 Å². The normalized spacial score (nSPS) is 14.3. The van der Waals surface area contributed by atoms with Gasteiger partial charge in [0.1, 0.15) is 17.5 Å². The Morgan fingerprint density at radius 1 is 1.23 bits per heavy atom. The van der Waals surface area contributed by atoms with Crippen molar-refractivity contribution in [1.29, 1.82) is 0 Å². The first kappa shape index (κ1) is 23.1. The summed E-state index contributed by atoms with van der Waals surface area (Å²) in [4.78, 5) is 30.4. The van der Waals surface area contributed by atoms with Crippen LogP contribution in [0.15, 0.2) is 24.3 Å². The molecule has 0 unspecified atom stereocenters. The predicted octanol–water partition coefficient (Wildman–Crippen LogP) is 4.20. The van der Waals surface area contributed by atoms with Crippen molar-refractivity contribution in [2.75, 3.05) is 11.9 Å². The van der Waals surface area contributed by atoms with Crippen LogP contribution < -0.4 is 10.6 Å². The van der Waals surface area contributed by atoms with E-state index >= 15 is 0 Å².